The van der Waals surface area contributed by atoms with Crippen molar-refractivity contribution in [1.82, 2.24) is 5.32 Å². The molecule has 18 heavy (non-hydrogen) atoms. The standard InChI is InChI=1S/C13H21N3O2/c17-10-13(18)9-15-11-2-1-3-12(8-11)16-6-4-14-5-7-16/h1-3,8,13-15,17-18H,4-7,9-10H2. The van der Waals surface area contributed by atoms with Crippen LogP contribution in [0.15, 0.2) is 24.3 Å². The summed E-state index contributed by atoms with van der Waals surface area (Å²) in [5.41, 5.74) is 2.17. The van der Waals surface area contributed by atoms with Gasteiger partial charge in [0.2, 0.25) is 0 Å². The molecule has 1 heterocycles. The molecule has 1 aromatic rings. The third-order valence-electron chi connectivity index (χ3n) is 3.08. The van der Waals surface area contributed by atoms with E-state index in [-0.39, 0.29) is 6.61 Å². The van der Waals surface area contributed by atoms with Crippen LogP contribution < -0.4 is 15.5 Å². The molecule has 0 bridgehead atoms. The van der Waals surface area contributed by atoms with Crippen LogP contribution in [0.5, 0.6) is 0 Å². The van der Waals surface area contributed by atoms with Crippen LogP contribution in [0.3, 0.4) is 0 Å². The number of anilines is 2. The van der Waals surface area contributed by atoms with Crippen LogP contribution in [0.2, 0.25) is 0 Å². The molecule has 0 saturated carbocycles. The quantitative estimate of drug-likeness (QED) is 0.586. The van der Waals surface area contributed by atoms with Crippen LogP contribution in [-0.4, -0.2) is 55.6 Å². The van der Waals surface area contributed by atoms with Gasteiger partial charge in [-0.2, -0.15) is 0 Å². The number of aliphatic hydroxyl groups excluding tert-OH is 2. The summed E-state index contributed by atoms with van der Waals surface area (Å²) in [5, 5.41) is 24.5. The van der Waals surface area contributed by atoms with Crippen molar-refractivity contribution in [1.29, 1.82) is 0 Å². The summed E-state index contributed by atoms with van der Waals surface area (Å²) in [4.78, 5) is 2.34. The first-order valence-corrected chi connectivity index (χ1v) is 6.38. The number of piperazine rings is 1. The fourth-order valence-corrected chi connectivity index (χ4v) is 2.04. The maximum atomic E-state index is 9.31. The molecule has 5 nitrogen and oxygen atoms in total. The van der Waals surface area contributed by atoms with E-state index in [1.54, 1.807) is 0 Å². The third-order valence-corrected chi connectivity index (χ3v) is 3.08. The van der Waals surface area contributed by atoms with Crippen molar-refractivity contribution in [3.8, 4) is 0 Å². The van der Waals surface area contributed by atoms with E-state index in [9.17, 15) is 5.11 Å². The monoisotopic (exact) mass is 251 g/mol. The summed E-state index contributed by atoms with van der Waals surface area (Å²) in [6, 6.07) is 8.15. The van der Waals surface area contributed by atoms with Crippen LogP contribution >= 0.6 is 0 Å². The fraction of sp³-hybridized carbons (Fsp3) is 0.538. The van der Waals surface area contributed by atoms with Crippen molar-refractivity contribution in [3.63, 3.8) is 0 Å². The number of rotatable bonds is 5. The van der Waals surface area contributed by atoms with Gasteiger partial charge in [-0.15, -0.1) is 0 Å². The lowest BCUT2D eigenvalue weighted by atomic mass is 10.2. The van der Waals surface area contributed by atoms with Gasteiger partial charge in [-0.3, -0.25) is 0 Å². The first kappa shape index (κ1) is 13.1. The highest BCUT2D eigenvalue weighted by atomic mass is 16.3. The molecule has 1 aromatic carbocycles. The number of aliphatic hydroxyl groups is 2. The van der Waals surface area contributed by atoms with Gasteiger partial charge in [0.1, 0.15) is 0 Å². The number of hydrogen-bond acceptors (Lipinski definition) is 5. The van der Waals surface area contributed by atoms with Gasteiger partial charge in [-0.1, -0.05) is 6.07 Å². The van der Waals surface area contributed by atoms with Crippen molar-refractivity contribution >= 4 is 11.4 Å². The van der Waals surface area contributed by atoms with Crippen molar-refractivity contribution in [2.45, 2.75) is 6.10 Å². The lowest BCUT2D eigenvalue weighted by Crippen LogP contribution is -2.43. The molecular formula is C13H21N3O2. The molecule has 1 aliphatic heterocycles. The first-order chi connectivity index (χ1) is 8.79. The second-order valence-corrected chi connectivity index (χ2v) is 4.50. The van der Waals surface area contributed by atoms with E-state index in [2.05, 4.69) is 27.7 Å². The van der Waals surface area contributed by atoms with Crippen LogP contribution in [0.4, 0.5) is 11.4 Å². The molecule has 0 amide bonds. The molecule has 100 valence electrons. The summed E-state index contributed by atoms with van der Waals surface area (Å²) >= 11 is 0. The van der Waals surface area contributed by atoms with Crippen LogP contribution in [0.1, 0.15) is 0 Å². The zero-order valence-electron chi connectivity index (χ0n) is 10.5. The van der Waals surface area contributed by atoms with E-state index in [1.807, 2.05) is 12.1 Å². The van der Waals surface area contributed by atoms with E-state index in [4.69, 9.17) is 5.11 Å². The number of benzene rings is 1. The molecular weight excluding hydrogens is 230 g/mol. The average molecular weight is 251 g/mol. The minimum absolute atomic E-state index is 0.218. The number of nitrogens with one attached hydrogen (secondary N) is 2. The predicted octanol–water partition coefficient (Wildman–Crippen LogP) is -0.139. The molecule has 0 spiro atoms. The van der Waals surface area contributed by atoms with Gasteiger partial charge in [0.25, 0.3) is 0 Å². The fourth-order valence-electron chi connectivity index (χ4n) is 2.04. The molecule has 0 radical (unpaired) electrons. The molecule has 0 aliphatic carbocycles. The van der Waals surface area contributed by atoms with Crippen molar-refractivity contribution < 1.29 is 10.2 Å². The molecule has 0 aromatic heterocycles. The molecule has 1 fully saturated rings. The van der Waals surface area contributed by atoms with Crippen molar-refractivity contribution in [2.75, 3.05) is 49.5 Å². The van der Waals surface area contributed by atoms with E-state index < -0.39 is 6.10 Å². The van der Waals surface area contributed by atoms with Crippen molar-refractivity contribution in [3.05, 3.63) is 24.3 Å². The summed E-state index contributed by atoms with van der Waals surface area (Å²) < 4.78 is 0. The summed E-state index contributed by atoms with van der Waals surface area (Å²) in [6.45, 7) is 4.21. The first-order valence-electron chi connectivity index (χ1n) is 6.38. The highest BCUT2D eigenvalue weighted by molar-refractivity contribution is 5.58. The Labute approximate surface area is 107 Å². The van der Waals surface area contributed by atoms with E-state index in [0.717, 1.165) is 31.9 Å². The average Bonchev–Trinajstić information content (AvgIpc) is 2.46. The topological polar surface area (TPSA) is 67.8 Å². The smallest absolute Gasteiger partial charge is 0.0942 e. The van der Waals surface area contributed by atoms with E-state index >= 15 is 0 Å². The maximum absolute atomic E-state index is 9.31. The minimum Gasteiger partial charge on any atom is -0.394 e. The molecule has 2 rings (SSSR count). The second-order valence-electron chi connectivity index (χ2n) is 4.50. The molecule has 1 saturated heterocycles. The van der Waals surface area contributed by atoms with E-state index in [0.29, 0.717) is 6.54 Å². The Bertz CT molecular complexity index is 367. The number of hydrogen-bond donors (Lipinski definition) is 4. The Hall–Kier alpha value is -1.30. The Balaban J connectivity index is 1.96. The van der Waals surface area contributed by atoms with Gasteiger partial charge >= 0.3 is 0 Å². The highest BCUT2D eigenvalue weighted by Gasteiger charge is 2.10. The van der Waals surface area contributed by atoms with E-state index in [1.165, 1.54) is 5.69 Å². The SMILES string of the molecule is OCC(O)CNc1cccc(N2CCNCC2)c1. The Kier molecular flexibility index (Phi) is 4.81. The zero-order valence-corrected chi connectivity index (χ0v) is 10.5. The molecule has 1 unspecified atom stereocenters. The lowest BCUT2D eigenvalue weighted by molar-refractivity contribution is 0.105. The van der Waals surface area contributed by atoms with Gasteiger partial charge in [-0.05, 0) is 18.2 Å². The van der Waals surface area contributed by atoms with Gasteiger partial charge < -0.3 is 25.7 Å². The van der Waals surface area contributed by atoms with Crippen LogP contribution in [0.25, 0.3) is 0 Å². The molecule has 1 aliphatic rings. The maximum Gasteiger partial charge on any atom is 0.0942 e. The minimum atomic E-state index is -0.715. The third kappa shape index (κ3) is 3.60. The predicted molar refractivity (Wildman–Crippen MR) is 73.1 cm³/mol. The van der Waals surface area contributed by atoms with Crippen molar-refractivity contribution in [2.24, 2.45) is 0 Å². The number of nitrogens with zero attached hydrogens (tertiary/aromatic N) is 1. The summed E-state index contributed by atoms with van der Waals surface area (Å²) in [6.07, 6.45) is -0.715. The second kappa shape index (κ2) is 6.58. The Morgan fingerprint density at radius 3 is 2.83 bits per heavy atom. The van der Waals surface area contributed by atoms with Gasteiger partial charge in [0.15, 0.2) is 0 Å². The Morgan fingerprint density at radius 2 is 2.11 bits per heavy atom. The van der Waals surface area contributed by atoms with Gasteiger partial charge in [0, 0.05) is 44.1 Å². The molecule has 1 atom stereocenters. The van der Waals surface area contributed by atoms with Gasteiger partial charge in [0.05, 0.1) is 12.7 Å². The summed E-state index contributed by atoms with van der Waals surface area (Å²) in [5.74, 6) is 0. The normalized spacial score (nSPS) is 17.6. The zero-order chi connectivity index (χ0) is 12.8. The van der Waals surface area contributed by atoms with Crippen LogP contribution in [0, 0.1) is 0 Å². The lowest BCUT2D eigenvalue weighted by Gasteiger charge is -2.29. The highest BCUT2D eigenvalue weighted by Crippen LogP contribution is 2.19. The molecule has 4 N–H and O–H groups in total. The van der Waals surface area contributed by atoms with Crippen LogP contribution in [-0.2, 0) is 0 Å². The largest absolute Gasteiger partial charge is 0.394 e. The summed E-state index contributed by atoms with van der Waals surface area (Å²) in [7, 11) is 0. The Morgan fingerprint density at radius 1 is 1.33 bits per heavy atom. The van der Waals surface area contributed by atoms with Gasteiger partial charge in [-0.25, -0.2) is 0 Å². The molecule has 5 heteroatoms.